The van der Waals surface area contributed by atoms with E-state index in [2.05, 4.69) is 37.1 Å². The topological polar surface area (TPSA) is 23.6 Å². The quantitative estimate of drug-likeness (QED) is 0.753. The summed E-state index contributed by atoms with van der Waals surface area (Å²) < 4.78 is 0. The van der Waals surface area contributed by atoms with Crippen molar-refractivity contribution in [2.45, 2.75) is 25.8 Å². The number of carbonyl (C=O) groups excluding carboxylic acids is 1. The first kappa shape index (κ1) is 11.7. The van der Waals surface area contributed by atoms with Gasteiger partial charge in [-0.05, 0) is 45.0 Å². The zero-order chi connectivity index (χ0) is 12.7. The largest absolute Gasteiger partial charge is 0.309 e. The van der Waals surface area contributed by atoms with Crippen LogP contribution in [0.25, 0.3) is 0 Å². The third kappa shape index (κ3) is 1.83. The van der Waals surface area contributed by atoms with Crippen LogP contribution >= 0.6 is 0 Å². The highest BCUT2D eigenvalue weighted by atomic mass is 16.2. The lowest BCUT2D eigenvalue weighted by Gasteiger charge is -2.25. The fraction of sp³-hybridized carbons (Fsp3) is 0.533. The molecule has 2 aliphatic heterocycles. The van der Waals surface area contributed by atoms with Crippen LogP contribution in [0.15, 0.2) is 24.3 Å². The molecular formula is C15H20N2O. The Morgan fingerprint density at radius 2 is 2.11 bits per heavy atom. The monoisotopic (exact) mass is 244 g/mol. The van der Waals surface area contributed by atoms with Gasteiger partial charge in [0.2, 0.25) is 5.91 Å². The molecule has 1 fully saturated rings. The first-order valence-electron chi connectivity index (χ1n) is 6.76. The van der Waals surface area contributed by atoms with Crippen LogP contribution in [0.1, 0.15) is 18.9 Å². The molecule has 0 saturated carbocycles. The molecule has 2 atom stereocenters. The van der Waals surface area contributed by atoms with E-state index in [-0.39, 0.29) is 5.92 Å². The number of hydrogen-bond acceptors (Lipinski definition) is 2. The van der Waals surface area contributed by atoms with Crippen LogP contribution in [0.4, 0.5) is 5.69 Å². The van der Waals surface area contributed by atoms with Gasteiger partial charge < -0.3 is 9.80 Å². The summed E-state index contributed by atoms with van der Waals surface area (Å²) in [6.07, 6.45) is 1.99. The van der Waals surface area contributed by atoms with Gasteiger partial charge in [-0.1, -0.05) is 18.2 Å². The summed E-state index contributed by atoms with van der Waals surface area (Å²) in [5.74, 6) is 0.500. The normalized spacial score (nSPS) is 27.6. The lowest BCUT2D eigenvalue weighted by molar-refractivity contribution is -0.122. The maximum Gasteiger partial charge on any atom is 0.231 e. The SMILES string of the molecule is CC1Cc2ccccc2N1C(=O)C1CCN(C)C1. The van der Waals surface area contributed by atoms with E-state index in [0.29, 0.717) is 11.9 Å². The summed E-state index contributed by atoms with van der Waals surface area (Å²) in [5, 5.41) is 0. The molecule has 2 heterocycles. The van der Waals surface area contributed by atoms with Crippen molar-refractivity contribution in [2.75, 3.05) is 25.0 Å². The Labute approximate surface area is 108 Å². The van der Waals surface area contributed by atoms with Crippen LogP contribution in [0.3, 0.4) is 0 Å². The molecule has 2 unspecified atom stereocenters. The van der Waals surface area contributed by atoms with E-state index in [1.54, 1.807) is 0 Å². The van der Waals surface area contributed by atoms with Crippen molar-refractivity contribution in [1.29, 1.82) is 0 Å². The molecule has 1 amide bonds. The molecule has 0 aromatic heterocycles. The molecule has 1 aromatic rings. The third-order valence-electron chi connectivity index (χ3n) is 4.19. The van der Waals surface area contributed by atoms with Gasteiger partial charge >= 0.3 is 0 Å². The zero-order valence-electron chi connectivity index (χ0n) is 11.1. The number of likely N-dealkylation sites (tertiary alicyclic amines) is 1. The Hall–Kier alpha value is -1.35. The van der Waals surface area contributed by atoms with Crippen molar-refractivity contribution in [1.82, 2.24) is 4.90 Å². The van der Waals surface area contributed by atoms with Gasteiger partial charge in [0.15, 0.2) is 0 Å². The summed E-state index contributed by atoms with van der Waals surface area (Å²) in [7, 11) is 2.09. The van der Waals surface area contributed by atoms with Crippen molar-refractivity contribution in [3.05, 3.63) is 29.8 Å². The maximum absolute atomic E-state index is 12.7. The van der Waals surface area contributed by atoms with Gasteiger partial charge in [0.25, 0.3) is 0 Å². The van der Waals surface area contributed by atoms with Crippen molar-refractivity contribution in [2.24, 2.45) is 5.92 Å². The molecule has 0 aliphatic carbocycles. The van der Waals surface area contributed by atoms with Crippen LogP contribution in [0.5, 0.6) is 0 Å². The fourth-order valence-electron chi connectivity index (χ4n) is 3.23. The highest BCUT2D eigenvalue weighted by Crippen LogP contribution is 2.34. The highest BCUT2D eigenvalue weighted by Gasteiger charge is 2.36. The summed E-state index contributed by atoms with van der Waals surface area (Å²) >= 11 is 0. The Morgan fingerprint density at radius 3 is 2.83 bits per heavy atom. The molecule has 0 radical (unpaired) electrons. The number of carbonyl (C=O) groups is 1. The molecule has 3 heteroatoms. The summed E-state index contributed by atoms with van der Waals surface area (Å²) in [4.78, 5) is 16.9. The van der Waals surface area contributed by atoms with Crippen molar-refractivity contribution >= 4 is 11.6 Å². The minimum Gasteiger partial charge on any atom is -0.309 e. The Balaban J connectivity index is 1.86. The van der Waals surface area contributed by atoms with Gasteiger partial charge in [-0.3, -0.25) is 4.79 Å². The number of para-hydroxylation sites is 1. The summed E-state index contributed by atoms with van der Waals surface area (Å²) in [5.41, 5.74) is 2.44. The number of amides is 1. The first-order valence-corrected chi connectivity index (χ1v) is 6.76. The van der Waals surface area contributed by atoms with E-state index in [9.17, 15) is 4.79 Å². The van der Waals surface area contributed by atoms with E-state index in [4.69, 9.17) is 0 Å². The van der Waals surface area contributed by atoms with E-state index in [1.165, 1.54) is 5.56 Å². The number of anilines is 1. The van der Waals surface area contributed by atoms with Crippen molar-refractivity contribution in [3.8, 4) is 0 Å². The number of hydrogen-bond donors (Lipinski definition) is 0. The predicted molar refractivity (Wildman–Crippen MR) is 72.7 cm³/mol. The number of nitrogens with zero attached hydrogens (tertiary/aromatic N) is 2. The maximum atomic E-state index is 12.7. The van der Waals surface area contributed by atoms with Crippen molar-refractivity contribution in [3.63, 3.8) is 0 Å². The lowest BCUT2D eigenvalue weighted by Crippen LogP contribution is -2.40. The van der Waals surface area contributed by atoms with Gasteiger partial charge in [0.1, 0.15) is 0 Å². The van der Waals surface area contributed by atoms with E-state index >= 15 is 0 Å². The first-order chi connectivity index (χ1) is 8.66. The second-order valence-corrected chi connectivity index (χ2v) is 5.64. The van der Waals surface area contributed by atoms with E-state index in [1.807, 2.05) is 11.0 Å². The lowest BCUT2D eigenvalue weighted by atomic mass is 10.1. The van der Waals surface area contributed by atoms with Gasteiger partial charge in [-0.2, -0.15) is 0 Å². The summed E-state index contributed by atoms with van der Waals surface area (Å²) in [6, 6.07) is 8.61. The second-order valence-electron chi connectivity index (χ2n) is 5.64. The van der Waals surface area contributed by atoms with Crippen LogP contribution in [0, 0.1) is 5.92 Å². The van der Waals surface area contributed by atoms with Gasteiger partial charge in [0, 0.05) is 18.3 Å². The van der Waals surface area contributed by atoms with E-state index < -0.39 is 0 Å². The highest BCUT2D eigenvalue weighted by molar-refractivity contribution is 5.98. The molecule has 2 aliphatic rings. The molecule has 1 saturated heterocycles. The standard InChI is InChI=1S/C15H20N2O/c1-11-9-12-5-3-4-6-14(12)17(11)15(18)13-7-8-16(2)10-13/h3-6,11,13H,7-10H2,1-2H3. The van der Waals surface area contributed by atoms with Crippen LogP contribution in [-0.2, 0) is 11.2 Å². The molecule has 0 N–H and O–H groups in total. The zero-order valence-corrected chi connectivity index (χ0v) is 11.1. The van der Waals surface area contributed by atoms with Crippen LogP contribution in [0.2, 0.25) is 0 Å². The molecule has 1 aromatic carbocycles. The smallest absolute Gasteiger partial charge is 0.231 e. The van der Waals surface area contributed by atoms with Crippen molar-refractivity contribution < 1.29 is 4.79 Å². The Morgan fingerprint density at radius 1 is 1.33 bits per heavy atom. The Bertz CT molecular complexity index is 471. The second kappa shape index (κ2) is 4.39. The molecular weight excluding hydrogens is 224 g/mol. The average Bonchev–Trinajstić information content (AvgIpc) is 2.91. The predicted octanol–water partition coefficient (Wildman–Crippen LogP) is 1.92. The number of fused-ring (bicyclic) bond motifs is 1. The minimum atomic E-state index is 0.184. The van der Waals surface area contributed by atoms with Gasteiger partial charge in [-0.15, -0.1) is 0 Å². The van der Waals surface area contributed by atoms with Crippen LogP contribution < -0.4 is 4.90 Å². The molecule has 0 spiro atoms. The van der Waals surface area contributed by atoms with Gasteiger partial charge in [-0.25, -0.2) is 0 Å². The number of benzene rings is 1. The minimum absolute atomic E-state index is 0.184. The molecule has 3 rings (SSSR count). The molecule has 96 valence electrons. The fourth-order valence-corrected chi connectivity index (χ4v) is 3.23. The van der Waals surface area contributed by atoms with Gasteiger partial charge in [0.05, 0.1) is 5.92 Å². The third-order valence-corrected chi connectivity index (χ3v) is 4.19. The Kier molecular flexibility index (Phi) is 2.86. The number of rotatable bonds is 1. The summed E-state index contributed by atoms with van der Waals surface area (Å²) in [6.45, 7) is 4.10. The molecule has 3 nitrogen and oxygen atoms in total. The average molecular weight is 244 g/mol. The van der Waals surface area contributed by atoms with Crippen LogP contribution in [-0.4, -0.2) is 37.0 Å². The molecule has 18 heavy (non-hydrogen) atoms. The molecule has 0 bridgehead atoms. The van der Waals surface area contributed by atoms with E-state index in [0.717, 1.165) is 31.6 Å².